The molecule has 0 aromatic rings. The molecule has 0 heterocycles. The minimum Gasteiger partial charge on any atom is -0.412 e. The molecule has 13 heavy (non-hydrogen) atoms. The van der Waals surface area contributed by atoms with E-state index in [2.05, 4.69) is 20.8 Å². The lowest BCUT2D eigenvalue weighted by Gasteiger charge is -2.03. The van der Waals surface area contributed by atoms with Crippen molar-refractivity contribution in [2.45, 2.75) is 72.1 Å². The van der Waals surface area contributed by atoms with Crippen molar-refractivity contribution in [3.63, 3.8) is 0 Å². The highest BCUT2D eigenvalue weighted by Crippen LogP contribution is 2.11. The van der Waals surface area contributed by atoms with Gasteiger partial charge >= 0.3 is 0 Å². The Hall–Kier alpha value is -0.0400. The third kappa shape index (κ3) is 14.8. The van der Waals surface area contributed by atoms with E-state index in [0.29, 0.717) is 0 Å². The van der Waals surface area contributed by atoms with Crippen LogP contribution in [-0.2, 0) is 0 Å². The van der Waals surface area contributed by atoms with E-state index in [0.717, 1.165) is 5.92 Å². The van der Waals surface area contributed by atoms with Crippen LogP contribution in [0.4, 0.5) is 0 Å². The second-order valence-corrected chi connectivity index (χ2v) is 4.30. The van der Waals surface area contributed by atoms with Crippen LogP contribution in [0.1, 0.15) is 72.1 Å². The van der Waals surface area contributed by atoms with Gasteiger partial charge in [-0.15, -0.1) is 0 Å². The minimum atomic E-state index is 0. The average molecular weight is 188 g/mol. The first kappa shape index (κ1) is 15.4. The Kier molecular flexibility index (Phi) is 14.2. The summed E-state index contributed by atoms with van der Waals surface area (Å²) in [6, 6.07) is 0. The summed E-state index contributed by atoms with van der Waals surface area (Å²) in [6.45, 7) is 6.91. The predicted molar refractivity (Wildman–Crippen MR) is 61.1 cm³/mol. The van der Waals surface area contributed by atoms with Gasteiger partial charge in [-0.1, -0.05) is 72.1 Å². The van der Waals surface area contributed by atoms with Crippen LogP contribution >= 0.6 is 0 Å². The van der Waals surface area contributed by atoms with Gasteiger partial charge in [-0.05, 0) is 5.92 Å². The zero-order valence-electron chi connectivity index (χ0n) is 9.73. The lowest BCUT2D eigenvalue weighted by molar-refractivity contribution is 0.511. The quantitative estimate of drug-likeness (QED) is 0.516. The summed E-state index contributed by atoms with van der Waals surface area (Å²) in [4.78, 5) is 0. The van der Waals surface area contributed by atoms with Crippen molar-refractivity contribution in [2.75, 3.05) is 0 Å². The molecule has 0 aliphatic carbocycles. The fraction of sp³-hybridized carbons (Fsp3) is 1.00. The molecule has 1 heteroatoms. The van der Waals surface area contributed by atoms with Crippen molar-refractivity contribution < 1.29 is 5.48 Å². The summed E-state index contributed by atoms with van der Waals surface area (Å²) in [5.41, 5.74) is 0. The molecule has 0 rings (SSSR count). The van der Waals surface area contributed by atoms with Crippen LogP contribution in [0, 0.1) is 5.92 Å². The van der Waals surface area contributed by atoms with Crippen LogP contribution in [0.5, 0.6) is 0 Å². The molecule has 0 bridgehead atoms. The molecule has 0 aromatic heterocycles. The summed E-state index contributed by atoms with van der Waals surface area (Å²) in [7, 11) is 0. The van der Waals surface area contributed by atoms with Gasteiger partial charge in [0.25, 0.3) is 0 Å². The van der Waals surface area contributed by atoms with Gasteiger partial charge in [0.15, 0.2) is 0 Å². The van der Waals surface area contributed by atoms with Gasteiger partial charge in [-0.25, -0.2) is 0 Å². The molecule has 1 nitrogen and oxygen atoms in total. The van der Waals surface area contributed by atoms with Gasteiger partial charge in [0.1, 0.15) is 0 Å². The summed E-state index contributed by atoms with van der Waals surface area (Å²) in [5, 5.41) is 0. The zero-order chi connectivity index (χ0) is 9.23. The molecular formula is C12H28O. The van der Waals surface area contributed by atoms with Gasteiger partial charge < -0.3 is 5.48 Å². The molecule has 0 fully saturated rings. The fourth-order valence-electron chi connectivity index (χ4n) is 1.51. The Bertz CT molecular complexity index is 79.2. The molecule has 0 amide bonds. The number of unbranched alkanes of at least 4 members (excludes halogenated alkanes) is 6. The second-order valence-electron chi connectivity index (χ2n) is 4.30. The summed E-state index contributed by atoms with van der Waals surface area (Å²) in [5.74, 6) is 0.903. The van der Waals surface area contributed by atoms with Crippen LogP contribution in [0.25, 0.3) is 0 Å². The highest BCUT2D eigenvalue weighted by molar-refractivity contribution is 4.48. The summed E-state index contributed by atoms with van der Waals surface area (Å²) >= 11 is 0. The van der Waals surface area contributed by atoms with Crippen molar-refractivity contribution in [2.24, 2.45) is 5.92 Å². The van der Waals surface area contributed by atoms with Crippen molar-refractivity contribution in [1.29, 1.82) is 0 Å². The Morgan fingerprint density at radius 1 is 0.769 bits per heavy atom. The standard InChI is InChI=1S/C12H26.H2O/c1-4-5-6-7-8-9-10-11-12(2)3;/h12H,4-11H2,1-3H3;1H2. The van der Waals surface area contributed by atoms with E-state index >= 15 is 0 Å². The van der Waals surface area contributed by atoms with Gasteiger partial charge in [-0.2, -0.15) is 0 Å². The molecule has 0 aliphatic heterocycles. The number of hydrogen-bond donors (Lipinski definition) is 0. The van der Waals surface area contributed by atoms with Gasteiger partial charge in [0.2, 0.25) is 0 Å². The predicted octanol–water partition coefficient (Wildman–Crippen LogP) is 3.96. The fourth-order valence-corrected chi connectivity index (χ4v) is 1.51. The molecule has 0 unspecified atom stereocenters. The minimum absolute atomic E-state index is 0. The molecular weight excluding hydrogens is 160 g/mol. The molecule has 0 radical (unpaired) electrons. The second kappa shape index (κ2) is 12.0. The van der Waals surface area contributed by atoms with E-state index < -0.39 is 0 Å². The van der Waals surface area contributed by atoms with E-state index in [1.165, 1.54) is 51.4 Å². The van der Waals surface area contributed by atoms with E-state index in [9.17, 15) is 0 Å². The lowest BCUT2D eigenvalue weighted by atomic mass is 10.0. The first-order valence-electron chi connectivity index (χ1n) is 5.77. The van der Waals surface area contributed by atoms with Crippen LogP contribution in [-0.4, -0.2) is 5.48 Å². The lowest BCUT2D eigenvalue weighted by Crippen LogP contribution is -1.87. The third-order valence-electron chi connectivity index (χ3n) is 2.39. The Morgan fingerprint density at radius 2 is 1.23 bits per heavy atom. The SMILES string of the molecule is CCCCCCCCCC(C)C.O. The molecule has 82 valence electrons. The third-order valence-corrected chi connectivity index (χ3v) is 2.39. The summed E-state index contributed by atoms with van der Waals surface area (Å²) < 4.78 is 0. The molecule has 0 aromatic carbocycles. The molecule has 2 N–H and O–H groups in total. The van der Waals surface area contributed by atoms with Crippen molar-refractivity contribution >= 4 is 0 Å². The monoisotopic (exact) mass is 188 g/mol. The highest BCUT2D eigenvalue weighted by atomic mass is 16.0. The number of rotatable bonds is 8. The van der Waals surface area contributed by atoms with Crippen LogP contribution in [0.3, 0.4) is 0 Å². The first-order valence-corrected chi connectivity index (χ1v) is 5.77. The maximum atomic E-state index is 2.32. The van der Waals surface area contributed by atoms with E-state index in [4.69, 9.17) is 0 Å². The van der Waals surface area contributed by atoms with Crippen LogP contribution in [0.15, 0.2) is 0 Å². The van der Waals surface area contributed by atoms with Crippen molar-refractivity contribution in [1.82, 2.24) is 0 Å². The largest absolute Gasteiger partial charge is 0.412 e. The van der Waals surface area contributed by atoms with Crippen molar-refractivity contribution in [3.05, 3.63) is 0 Å². The molecule has 0 saturated carbocycles. The van der Waals surface area contributed by atoms with Crippen molar-refractivity contribution in [3.8, 4) is 0 Å². The maximum absolute atomic E-state index is 2.32. The summed E-state index contributed by atoms with van der Waals surface area (Å²) in [6.07, 6.45) is 11.5. The molecule has 0 atom stereocenters. The smallest absolute Gasteiger partial charge is 0.0471 e. The van der Waals surface area contributed by atoms with Crippen LogP contribution in [0.2, 0.25) is 0 Å². The van der Waals surface area contributed by atoms with Gasteiger partial charge in [0, 0.05) is 0 Å². The highest BCUT2D eigenvalue weighted by Gasteiger charge is 1.93. The maximum Gasteiger partial charge on any atom is -0.0471 e. The van der Waals surface area contributed by atoms with E-state index in [1.54, 1.807) is 0 Å². The first-order chi connectivity index (χ1) is 5.77. The van der Waals surface area contributed by atoms with E-state index in [1.807, 2.05) is 0 Å². The van der Waals surface area contributed by atoms with Gasteiger partial charge in [0.05, 0.1) is 0 Å². The Morgan fingerprint density at radius 3 is 1.69 bits per heavy atom. The molecule has 0 spiro atoms. The zero-order valence-corrected chi connectivity index (χ0v) is 9.73. The number of hydrogen-bond acceptors (Lipinski definition) is 0. The topological polar surface area (TPSA) is 31.5 Å². The normalized spacial score (nSPS) is 10.2. The Balaban J connectivity index is 0. The molecule has 0 saturated heterocycles. The average Bonchev–Trinajstić information content (AvgIpc) is 2.02. The Labute approximate surface area is 84.2 Å². The molecule has 0 aliphatic rings. The van der Waals surface area contributed by atoms with E-state index in [-0.39, 0.29) is 5.48 Å². The van der Waals surface area contributed by atoms with Gasteiger partial charge in [-0.3, -0.25) is 0 Å². The van der Waals surface area contributed by atoms with Crippen LogP contribution < -0.4 is 0 Å².